The summed E-state index contributed by atoms with van der Waals surface area (Å²) in [5, 5.41) is 0. The third kappa shape index (κ3) is 1.60. The third-order valence-corrected chi connectivity index (χ3v) is 2.18. The second kappa shape index (κ2) is 3.26. The highest BCUT2D eigenvalue weighted by atomic mass is 35.5. The molecule has 0 spiro atoms. The Morgan fingerprint density at radius 1 is 1.54 bits per heavy atom. The van der Waals surface area contributed by atoms with Gasteiger partial charge in [0.25, 0.3) is 0 Å². The number of imidazole rings is 1. The Bertz CT molecular complexity index is 353. The van der Waals surface area contributed by atoms with Crippen LogP contribution in [0.1, 0.15) is 5.69 Å². The van der Waals surface area contributed by atoms with E-state index in [1.807, 2.05) is 36.3 Å². The van der Waals surface area contributed by atoms with Gasteiger partial charge in [-0.3, -0.25) is 4.90 Å². The number of hydrogen-bond acceptors (Lipinski definition) is 2. The molecule has 0 radical (unpaired) electrons. The molecule has 0 fully saturated rings. The fourth-order valence-electron chi connectivity index (χ4n) is 1.19. The van der Waals surface area contributed by atoms with Gasteiger partial charge in [-0.05, 0) is 19.1 Å². The van der Waals surface area contributed by atoms with E-state index in [1.54, 1.807) is 6.20 Å². The van der Waals surface area contributed by atoms with Crippen LogP contribution in [0.4, 0.5) is 5.95 Å². The summed E-state index contributed by atoms with van der Waals surface area (Å²) >= 11 is 6.05. The Morgan fingerprint density at radius 3 is 3.00 bits per heavy atom. The first-order valence-electron chi connectivity index (χ1n) is 4.06. The zero-order chi connectivity index (χ0) is 9.26. The van der Waals surface area contributed by atoms with E-state index in [1.165, 1.54) is 0 Å². The lowest BCUT2D eigenvalue weighted by atomic mass is 10.3. The third-order valence-electron chi connectivity index (χ3n) is 1.83. The largest absolute Gasteiger partial charge is 0.328 e. The fraction of sp³-hybridized carbons (Fsp3) is 0.222. The van der Waals surface area contributed by atoms with E-state index in [2.05, 4.69) is 9.97 Å². The minimum atomic E-state index is -0.157. The molecule has 0 amide bonds. The molecule has 2 heterocycles. The number of aryl methyl sites for hydroxylation is 1. The lowest BCUT2D eigenvalue weighted by Crippen LogP contribution is -2.26. The second-order valence-corrected chi connectivity index (χ2v) is 3.34. The van der Waals surface area contributed by atoms with Crippen LogP contribution in [0.2, 0.25) is 0 Å². The molecule has 0 bridgehead atoms. The first-order chi connectivity index (χ1) is 6.27. The summed E-state index contributed by atoms with van der Waals surface area (Å²) in [6, 6.07) is 0. The molecule has 1 aromatic heterocycles. The summed E-state index contributed by atoms with van der Waals surface area (Å²) < 4.78 is 0. The van der Waals surface area contributed by atoms with Crippen LogP contribution in [0, 0.1) is 6.92 Å². The summed E-state index contributed by atoms with van der Waals surface area (Å²) in [4.78, 5) is 9.18. The highest BCUT2D eigenvalue weighted by Crippen LogP contribution is 2.19. The van der Waals surface area contributed by atoms with Gasteiger partial charge < -0.3 is 4.98 Å². The van der Waals surface area contributed by atoms with Gasteiger partial charge in [-0.25, -0.2) is 4.98 Å². The topological polar surface area (TPSA) is 31.9 Å². The minimum Gasteiger partial charge on any atom is -0.328 e. The van der Waals surface area contributed by atoms with Crippen molar-refractivity contribution in [3.8, 4) is 0 Å². The summed E-state index contributed by atoms with van der Waals surface area (Å²) in [6.07, 6.45) is 9.43. The molecule has 4 heteroatoms. The molecule has 1 N–H and O–H groups in total. The average Bonchev–Trinajstić information content (AvgIpc) is 2.53. The molecule has 0 aliphatic carbocycles. The van der Waals surface area contributed by atoms with Gasteiger partial charge >= 0.3 is 0 Å². The van der Waals surface area contributed by atoms with Crippen molar-refractivity contribution in [2.24, 2.45) is 0 Å². The van der Waals surface area contributed by atoms with E-state index >= 15 is 0 Å². The normalized spacial score (nSPS) is 21.1. The number of hydrogen-bond donors (Lipinski definition) is 1. The Morgan fingerprint density at radius 2 is 2.38 bits per heavy atom. The zero-order valence-electron chi connectivity index (χ0n) is 7.24. The van der Waals surface area contributed by atoms with Crippen molar-refractivity contribution in [2.45, 2.75) is 12.4 Å². The van der Waals surface area contributed by atoms with E-state index in [4.69, 9.17) is 11.6 Å². The molecular formula is C9H10ClN3. The Kier molecular flexibility index (Phi) is 2.10. The number of alkyl halides is 1. The molecule has 13 heavy (non-hydrogen) atoms. The van der Waals surface area contributed by atoms with Crippen molar-refractivity contribution in [1.29, 1.82) is 0 Å². The van der Waals surface area contributed by atoms with Crippen LogP contribution in [0.15, 0.2) is 30.6 Å². The highest BCUT2D eigenvalue weighted by molar-refractivity contribution is 6.23. The number of halogens is 1. The number of H-pyrrole nitrogens is 1. The number of allylic oxidation sites excluding steroid dienone is 2. The SMILES string of the molecule is Cc1cnc(N2C=CC=CC2Cl)[nH]1. The predicted octanol–water partition coefficient (Wildman–Crippen LogP) is 2.17. The van der Waals surface area contributed by atoms with Gasteiger partial charge in [-0.15, -0.1) is 0 Å². The molecule has 1 unspecified atom stereocenters. The second-order valence-electron chi connectivity index (χ2n) is 2.90. The lowest BCUT2D eigenvalue weighted by molar-refractivity contribution is 0.947. The van der Waals surface area contributed by atoms with Crippen LogP contribution < -0.4 is 4.90 Å². The van der Waals surface area contributed by atoms with Crippen molar-refractivity contribution in [3.05, 3.63) is 36.3 Å². The van der Waals surface area contributed by atoms with Crippen LogP contribution >= 0.6 is 11.6 Å². The first-order valence-corrected chi connectivity index (χ1v) is 4.50. The van der Waals surface area contributed by atoms with E-state index in [0.717, 1.165) is 11.6 Å². The molecule has 0 saturated carbocycles. The van der Waals surface area contributed by atoms with Crippen LogP contribution in [0.5, 0.6) is 0 Å². The molecule has 1 aliphatic heterocycles. The summed E-state index contributed by atoms with van der Waals surface area (Å²) in [6.45, 7) is 1.96. The fourth-order valence-corrected chi connectivity index (χ4v) is 1.43. The zero-order valence-corrected chi connectivity index (χ0v) is 7.99. The van der Waals surface area contributed by atoms with Gasteiger partial charge in [0.05, 0.1) is 0 Å². The first kappa shape index (κ1) is 8.38. The van der Waals surface area contributed by atoms with Crippen LogP contribution in [0.25, 0.3) is 0 Å². The van der Waals surface area contributed by atoms with Crippen molar-refractivity contribution < 1.29 is 0 Å². The van der Waals surface area contributed by atoms with E-state index in [9.17, 15) is 0 Å². The maximum Gasteiger partial charge on any atom is 0.208 e. The Labute approximate surface area is 81.7 Å². The van der Waals surface area contributed by atoms with Crippen molar-refractivity contribution in [2.75, 3.05) is 4.90 Å². The van der Waals surface area contributed by atoms with Crippen molar-refractivity contribution in [1.82, 2.24) is 9.97 Å². The number of anilines is 1. The van der Waals surface area contributed by atoms with Gasteiger partial charge in [0.15, 0.2) is 0 Å². The van der Waals surface area contributed by atoms with E-state index in [-0.39, 0.29) is 5.50 Å². The van der Waals surface area contributed by atoms with Gasteiger partial charge in [0, 0.05) is 18.1 Å². The van der Waals surface area contributed by atoms with Gasteiger partial charge in [-0.1, -0.05) is 17.7 Å². The monoisotopic (exact) mass is 195 g/mol. The van der Waals surface area contributed by atoms with Gasteiger partial charge in [0.2, 0.25) is 5.95 Å². The van der Waals surface area contributed by atoms with Crippen molar-refractivity contribution in [3.63, 3.8) is 0 Å². The maximum atomic E-state index is 6.05. The number of aromatic nitrogens is 2. The lowest BCUT2D eigenvalue weighted by Gasteiger charge is -2.22. The highest BCUT2D eigenvalue weighted by Gasteiger charge is 2.15. The molecule has 3 nitrogen and oxygen atoms in total. The maximum absolute atomic E-state index is 6.05. The molecule has 2 rings (SSSR count). The van der Waals surface area contributed by atoms with Crippen LogP contribution in [-0.2, 0) is 0 Å². The quantitative estimate of drug-likeness (QED) is 0.550. The molecule has 1 aliphatic rings. The van der Waals surface area contributed by atoms with E-state index in [0.29, 0.717) is 0 Å². The predicted molar refractivity (Wildman–Crippen MR) is 53.7 cm³/mol. The van der Waals surface area contributed by atoms with Gasteiger partial charge in [-0.2, -0.15) is 0 Å². The van der Waals surface area contributed by atoms with Crippen LogP contribution in [0.3, 0.4) is 0 Å². The number of nitrogens with zero attached hydrogens (tertiary/aromatic N) is 2. The molecule has 1 aromatic rings. The standard InChI is InChI=1S/C9H10ClN3/c1-7-6-11-9(12-7)13-5-3-2-4-8(13)10/h2-6,8H,1H3,(H,11,12). The molecular weight excluding hydrogens is 186 g/mol. The Hall–Kier alpha value is -1.22. The number of aromatic amines is 1. The number of rotatable bonds is 1. The summed E-state index contributed by atoms with van der Waals surface area (Å²) in [5.74, 6) is 0.776. The molecule has 1 atom stereocenters. The number of nitrogens with one attached hydrogen (secondary N) is 1. The summed E-state index contributed by atoms with van der Waals surface area (Å²) in [5.41, 5.74) is 0.873. The minimum absolute atomic E-state index is 0.157. The molecule has 0 saturated heterocycles. The summed E-state index contributed by atoms with van der Waals surface area (Å²) in [7, 11) is 0. The molecule has 0 aromatic carbocycles. The van der Waals surface area contributed by atoms with Gasteiger partial charge in [0.1, 0.15) is 5.50 Å². The van der Waals surface area contributed by atoms with Crippen LogP contribution in [-0.4, -0.2) is 15.5 Å². The van der Waals surface area contributed by atoms with E-state index < -0.39 is 0 Å². The molecule has 68 valence electrons. The average molecular weight is 196 g/mol. The Balaban J connectivity index is 2.26. The smallest absolute Gasteiger partial charge is 0.208 e. The van der Waals surface area contributed by atoms with Crippen molar-refractivity contribution >= 4 is 17.5 Å².